The molecule has 3 heterocycles. The summed E-state index contributed by atoms with van der Waals surface area (Å²) in [7, 11) is 0. The number of nitrogens with one attached hydrogen (secondary N) is 1. The average Bonchev–Trinajstić information content (AvgIpc) is 3.19. The van der Waals surface area contributed by atoms with E-state index in [0.29, 0.717) is 17.3 Å². The van der Waals surface area contributed by atoms with Crippen molar-refractivity contribution >= 4 is 38.9 Å². The van der Waals surface area contributed by atoms with Gasteiger partial charge in [-0.1, -0.05) is 6.92 Å². The minimum atomic E-state index is -0.404. The number of thiophene rings is 2. The summed E-state index contributed by atoms with van der Waals surface area (Å²) in [6, 6.07) is 1.71. The molecular weight excluding hydrogens is 344 g/mol. The highest BCUT2D eigenvalue weighted by molar-refractivity contribution is 7.18. The summed E-state index contributed by atoms with van der Waals surface area (Å²) in [5, 5.41) is 4.27. The van der Waals surface area contributed by atoms with Gasteiger partial charge in [0.25, 0.3) is 5.56 Å². The maximum absolute atomic E-state index is 12.5. The molecule has 0 radical (unpaired) electrons. The highest BCUT2D eigenvalue weighted by atomic mass is 32.1. The van der Waals surface area contributed by atoms with Gasteiger partial charge in [-0.15, -0.1) is 11.3 Å². The number of hydrogen-bond acceptors (Lipinski definition) is 6. The lowest BCUT2D eigenvalue weighted by molar-refractivity contribution is 0.0463. The molecule has 124 valence electrons. The van der Waals surface area contributed by atoms with Crippen LogP contribution < -0.4 is 5.56 Å². The molecular formula is C17H16N2O3S2. The Morgan fingerprint density at radius 2 is 2.38 bits per heavy atom. The van der Waals surface area contributed by atoms with Crippen molar-refractivity contribution in [1.29, 1.82) is 0 Å². The van der Waals surface area contributed by atoms with Gasteiger partial charge in [-0.05, 0) is 42.2 Å². The molecule has 1 aliphatic carbocycles. The Hall–Kier alpha value is -1.99. The van der Waals surface area contributed by atoms with E-state index < -0.39 is 5.97 Å². The van der Waals surface area contributed by atoms with Crippen LogP contribution in [0.2, 0.25) is 0 Å². The van der Waals surface area contributed by atoms with Crippen molar-refractivity contribution in [2.45, 2.75) is 32.8 Å². The maximum Gasteiger partial charge on any atom is 0.339 e. The SMILES string of the molecule is C[C@H]1CCc2c(sc3nc(COC(=O)c4ccsc4)[nH]c(=O)c23)C1. The first-order valence-electron chi connectivity index (χ1n) is 7.84. The molecule has 0 bridgehead atoms. The fraction of sp³-hybridized carbons (Fsp3) is 0.353. The van der Waals surface area contributed by atoms with Crippen LogP contribution in [0.1, 0.15) is 40.0 Å². The van der Waals surface area contributed by atoms with Crippen molar-refractivity contribution in [2.75, 3.05) is 0 Å². The minimum Gasteiger partial charge on any atom is -0.454 e. The van der Waals surface area contributed by atoms with Crippen LogP contribution in [-0.2, 0) is 24.2 Å². The number of ether oxygens (including phenoxy) is 1. The molecule has 0 aromatic carbocycles. The smallest absolute Gasteiger partial charge is 0.339 e. The normalized spacial score (nSPS) is 17.0. The van der Waals surface area contributed by atoms with E-state index in [1.54, 1.807) is 22.8 Å². The quantitative estimate of drug-likeness (QED) is 0.725. The first-order chi connectivity index (χ1) is 11.6. The van der Waals surface area contributed by atoms with Crippen LogP contribution in [0.15, 0.2) is 21.6 Å². The van der Waals surface area contributed by atoms with Gasteiger partial charge in [0.1, 0.15) is 17.3 Å². The Balaban J connectivity index is 1.61. The van der Waals surface area contributed by atoms with Gasteiger partial charge in [-0.25, -0.2) is 9.78 Å². The Morgan fingerprint density at radius 3 is 3.17 bits per heavy atom. The summed E-state index contributed by atoms with van der Waals surface area (Å²) >= 11 is 3.03. The van der Waals surface area contributed by atoms with E-state index in [1.807, 2.05) is 5.38 Å². The van der Waals surface area contributed by atoms with Gasteiger partial charge >= 0.3 is 5.97 Å². The monoisotopic (exact) mass is 360 g/mol. The van der Waals surface area contributed by atoms with E-state index in [2.05, 4.69) is 16.9 Å². The molecule has 1 aliphatic rings. The average molecular weight is 360 g/mol. The highest BCUT2D eigenvalue weighted by Crippen LogP contribution is 2.35. The molecule has 3 aromatic rings. The van der Waals surface area contributed by atoms with E-state index in [4.69, 9.17) is 4.74 Å². The lowest BCUT2D eigenvalue weighted by Gasteiger charge is -2.17. The van der Waals surface area contributed by atoms with Crippen molar-refractivity contribution < 1.29 is 9.53 Å². The standard InChI is InChI=1S/C17H16N2O3S2/c1-9-2-3-11-12(6-9)24-16-14(11)15(20)18-13(19-16)7-22-17(21)10-4-5-23-8-10/h4-5,8-9H,2-3,6-7H2,1H3,(H,18,19,20)/t9-/m0/s1. The molecule has 0 saturated heterocycles. The molecule has 24 heavy (non-hydrogen) atoms. The number of esters is 1. The molecule has 1 N–H and O–H groups in total. The van der Waals surface area contributed by atoms with Gasteiger partial charge in [-0.2, -0.15) is 11.3 Å². The summed E-state index contributed by atoms with van der Waals surface area (Å²) in [6.45, 7) is 2.21. The molecule has 4 rings (SSSR count). The number of aryl methyl sites for hydroxylation is 1. The maximum atomic E-state index is 12.5. The topological polar surface area (TPSA) is 72.0 Å². The molecule has 0 amide bonds. The second kappa shape index (κ2) is 6.14. The number of rotatable bonds is 3. The van der Waals surface area contributed by atoms with E-state index in [1.165, 1.54) is 16.2 Å². The van der Waals surface area contributed by atoms with Gasteiger partial charge in [0.05, 0.1) is 10.9 Å². The first-order valence-corrected chi connectivity index (χ1v) is 9.60. The predicted molar refractivity (Wildman–Crippen MR) is 94.9 cm³/mol. The number of H-pyrrole nitrogens is 1. The molecule has 3 aromatic heterocycles. The van der Waals surface area contributed by atoms with Gasteiger partial charge in [0.15, 0.2) is 0 Å². The number of aromatic nitrogens is 2. The zero-order valence-corrected chi connectivity index (χ0v) is 14.8. The van der Waals surface area contributed by atoms with Crippen LogP contribution in [0, 0.1) is 5.92 Å². The highest BCUT2D eigenvalue weighted by Gasteiger charge is 2.23. The fourth-order valence-electron chi connectivity index (χ4n) is 3.06. The summed E-state index contributed by atoms with van der Waals surface area (Å²) < 4.78 is 5.24. The number of aromatic amines is 1. The van der Waals surface area contributed by atoms with Gasteiger partial charge in [0, 0.05) is 10.3 Å². The number of carbonyl (C=O) groups is 1. The van der Waals surface area contributed by atoms with Gasteiger partial charge < -0.3 is 9.72 Å². The third kappa shape index (κ3) is 2.78. The summed E-state index contributed by atoms with van der Waals surface area (Å²) in [5.41, 5.74) is 1.54. The van der Waals surface area contributed by atoms with Crippen LogP contribution in [-0.4, -0.2) is 15.9 Å². The van der Waals surface area contributed by atoms with Crippen molar-refractivity contribution in [3.8, 4) is 0 Å². The van der Waals surface area contributed by atoms with Crippen LogP contribution >= 0.6 is 22.7 Å². The second-order valence-electron chi connectivity index (χ2n) is 6.13. The summed E-state index contributed by atoms with van der Waals surface area (Å²) in [4.78, 5) is 33.6. The Morgan fingerprint density at radius 1 is 1.50 bits per heavy atom. The fourth-order valence-corrected chi connectivity index (χ4v) is 5.09. The lowest BCUT2D eigenvalue weighted by atomic mass is 9.89. The van der Waals surface area contributed by atoms with E-state index in [0.717, 1.165) is 35.0 Å². The molecule has 7 heteroatoms. The number of fused-ring (bicyclic) bond motifs is 3. The van der Waals surface area contributed by atoms with Gasteiger partial charge in [0.2, 0.25) is 0 Å². The van der Waals surface area contributed by atoms with E-state index in [9.17, 15) is 9.59 Å². The Labute approximate surface area is 146 Å². The largest absolute Gasteiger partial charge is 0.454 e. The Bertz CT molecular complexity index is 956. The van der Waals surface area contributed by atoms with Crippen molar-refractivity contribution in [2.24, 2.45) is 5.92 Å². The molecule has 0 unspecified atom stereocenters. The van der Waals surface area contributed by atoms with Crippen LogP contribution in [0.25, 0.3) is 10.2 Å². The zero-order chi connectivity index (χ0) is 16.7. The molecule has 0 aliphatic heterocycles. The van der Waals surface area contributed by atoms with Gasteiger partial charge in [-0.3, -0.25) is 4.79 Å². The van der Waals surface area contributed by atoms with Crippen molar-refractivity contribution in [1.82, 2.24) is 9.97 Å². The second-order valence-corrected chi connectivity index (χ2v) is 8.00. The zero-order valence-electron chi connectivity index (χ0n) is 13.1. The number of hydrogen-bond donors (Lipinski definition) is 1. The summed E-state index contributed by atoms with van der Waals surface area (Å²) in [6.07, 6.45) is 3.06. The third-order valence-electron chi connectivity index (χ3n) is 4.31. The Kier molecular flexibility index (Phi) is 3.97. The minimum absolute atomic E-state index is 0.0289. The van der Waals surface area contributed by atoms with E-state index >= 15 is 0 Å². The van der Waals surface area contributed by atoms with Crippen molar-refractivity contribution in [3.63, 3.8) is 0 Å². The molecule has 0 fully saturated rings. The predicted octanol–water partition coefficient (Wildman–Crippen LogP) is 3.53. The summed E-state index contributed by atoms with van der Waals surface area (Å²) in [5.74, 6) is 0.636. The van der Waals surface area contributed by atoms with Crippen molar-refractivity contribution in [3.05, 3.63) is 49.0 Å². The van der Waals surface area contributed by atoms with E-state index in [-0.39, 0.29) is 12.2 Å². The van der Waals surface area contributed by atoms with Crippen LogP contribution in [0.4, 0.5) is 0 Å². The molecule has 0 saturated carbocycles. The number of carbonyl (C=O) groups excluding carboxylic acids is 1. The first kappa shape index (κ1) is 15.5. The number of nitrogens with zero attached hydrogens (tertiary/aromatic N) is 1. The molecule has 5 nitrogen and oxygen atoms in total. The third-order valence-corrected chi connectivity index (χ3v) is 6.14. The lowest BCUT2D eigenvalue weighted by Crippen LogP contribution is -2.16. The molecule has 0 spiro atoms. The van der Waals surface area contributed by atoms with Crippen LogP contribution in [0.5, 0.6) is 0 Å². The van der Waals surface area contributed by atoms with Crippen LogP contribution in [0.3, 0.4) is 0 Å². The molecule has 1 atom stereocenters.